The number of amides is 1. The van der Waals surface area contributed by atoms with Crippen molar-refractivity contribution in [2.45, 2.75) is 12.8 Å². The minimum absolute atomic E-state index is 0.0216. The fraction of sp³-hybridized carbons (Fsp3) is 0.217. The molecule has 0 radical (unpaired) electrons. The third-order valence-corrected chi connectivity index (χ3v) is 5.71. The summed E-state index contributed by atoms with van der Waals surface area (Å²) in [5, 5.41) is 22.3. The van der Waals surface area contributed by atoms with E-state index in [0.717, 1.165) is 24.5 Å². The summed E-state index contributed by atoms with van der Waals surface area (Å²) in [5.74, 6) is 1.33. The van der Waals surface area contributed by atoms with Gasteiger partial charge in [-0.15, -0.1) is 10.2 Å². The lowest BCUT2D eigenvalue weighted by Crippen LogP contribution is -2.38. The van der Waals surface area contributed by atoms with Crippen LogP contribution < -0.4 is 15.8 Å². The second kappa shape index (κ2) is 9.03. The minimum atomic E-state index is -0.271. The molecule has 1 aliphatic heterocycles. The van der Waals surface area contributed by atoms with E-state index in [0.29, 0.717) is 30.0 Å². The van der Waals surface area contributed by atoms with Crippen LogP contribution in [0.15, 0.2) is 71.8 Å². The van der Waals surface area contributed by atoms with E-state index < -0.39 is 0 Å². The van der Waals surface area contributed by atoms with E-state index in [1.807, 2.05) is 48.7 Å². The number of rotatable bonds is 5. The Morgan fingerprint density at radius 1 is 0.970 bits per heavy atom. The molecule has 10 heteroatoms. The number of carbonyl (C=O) groups excluding carboxylic acids is 1. The highest BCUT2D eigenvalue weighted by Crippen LogP contribution is 2.28. The third kappa shape index (κ3) is 4.49. The van der Waals surface area contributed by atoms with Gasteiger partial charge in [-0.2, -0.15) is 10.2 Å². The number of piperidine rings is 1. The van der Waals surface area contributed by atoms with Gasteiger partial charge in [-0.3, -0.25) is 9.59 Å². The van der Waals surface area contributed by atoms with E-state index in [9.17, 15) is 9.59 Å². The van der Waals surface area contributed by atoms with Crippen molar-refractivity contribution < 1.29 is 4.79 Å². The van der Waals surface area contributed by atoms with E-state index in [-0.39, 0.29) is 17.4 Å². The molecule has 1 fully saturated rings. The number of anilines is 2. The highest BCUT2D eigenvalue weighted by molar-refractivity contribution is 5.96. The lowest BCUT2D eigenvalue weighted by molar-refractivity contribution is -0.120. The number of aromatic amines is 1. The molecule has 1 aliphatic rings. The van der Waals surface area contributed by atoms with E-state index in [1.165, 1.54) is 6.07 Å². The molecule has 4 aromatic rings. The zero-order valence-electron chi connectivity index (χ0n) is 17.8. The molecule has 0 unspecified atom stereocenters. The first-order valence-electron chi connectivity index (χ1n) is 10.7. The third-order valence-electron chi connectivity index (χ3n) is 5.71. The maximum atomic E-state index is 13.0. The fourth-order valence-electron chi connectivity index (χ4n) is 3.93. The fourth-order valence-corrected chi connectivity index (χ4v) is 3.93. The van der Waals surface area contributed by atoms with E-state index in [2.05, 4.69) is 35.7 Å². The molecular formula is C23H22N8O2. The predicted molar refractivity (Wildman–Crippen MR) is 123 cm³/mol. The van der Waals surface area contributed by atoms with Crippen molar-refractivity contribution in [2.24, 2.45) is 5.92 Å². The zero-order chi connectivity index (χ0) is 22.6. The van der Waals surface area contributed by atoms with Gasteiger partial charge in [0.1, 0.15) is 0 Å². The molecule has 0 spiro atoms. The molecule has 0 aliphatic carbocycles. The first kappa shape index (κ1) is 20.6. The van der Waals surface area contributed by atoms with Gasteiger partial charge in [0.05, 0.1) is 11.4 Å². The van der Waals surface area contributed by atoms with Crippen LogP contribution in [0.1, 0.15) is 12.8 Å². The van der Waals surface area contributed by atoms with Gasteiger partial charge in [-0.1, -0.05) is 18.2 Å². The SMILES string of the molecule is O=C(Nc1ccccc1-c1ccc(=O)[nH]n1)C1CCN(c2ccc(-n3cccn3)nn2)CC1. The number of aromatic nitrogens is 6. The van der Waals surface area contributed by atoms with Gasteiger partial charge in [-0.25, -0.2) is 9.78 Å². The van der Waals surface area contributed by atoms with Crippen molar-refractivity contribution in [2.75, 3.05) is 23.3 Å². The Morgan fingerprint density at radius 3 is 2.45 bits per heavy atom. The second-order valence-electron chi connectivity index (χ2n) is 7.80. The standard InChI is InChI=1S/C23H22N8O2/c32-22-9-6-19(26-29-22)17-4-1-2-5-18(17)25-23(33)16-10-14-30(15-11-16)20-7-8-21(28-27-20)31-13-3-12-24-31/h1-9,12-13,16H,10-11,14-15H2,(H,25,33)(H,29,32). The topological polar surface area (TPSA) is 122 Å². The number of carbonyl (C=O) groups is 1. The summed E-state index contributed by atoms with van der Waals surface area (Å²) in [6, 6.07) is 16.1. The number of hydrogen-bond donors (Lipinski definition) is 2. The average molecular weight is 442 g/mol. The molecule has 0 atom stereocenters. The van der Waals surface area contributed by atoms with Crippen molar-refractivity contribution in [1.29, 1.82) is 0 Å². The molecule has 10 nitrogen and oxygen atoms in total. The normalized spacial score (nSPS) is 14.2. The molecule has 0 saturated carbocycles. The Hall–Kier alpha value is -4.34. The van der Waals surface area contributed by atoms with Crippen molar-refractivity contribution in [3.63, 3.8) is 0 Å². The van der Waals surface area contributed by atoms with Crippen molar-refractivity contribution >= 4 is 17.4 Å². The Balaban J connectivity index is 1.22. The maximum Gasteiger partial charge on any atom is 0.264 e. The van der Waals surface area contributed by atoms with Crippen LogP contribution in [-0.4, -0.2) is 49.2 Å². The monoisotopic (exact) mass is 442 g/mol. The first-order chi connectivity index (χ1) is 16.2. The highest BCUT2D eigenvalue weighted by Gasteiger charge is 2.26. The molecule has 2 N–H and O–H groups in total. The van der Waals surface area contributed by atoms with Crippen LogP contribution in [0.5, 0.6) is 0 Å². The number of hydrogen-bond acceptors (Lipinski definition) is 7. The Bertz CT molecular complexity index is 1270. The Labute approximate surface area is 189 Å². The van der Waals surface area contributed by atoms with Gasteiger partial charge in [0.2, 0.25) is 5.91 Å². The van der Waals surface area contributed by atoms with Crippen molar-refractivity contribution in [1.82, 2.24) is 30.2 Å². The van der Waals surface area contributed by atoms with Gasteiger partial charge in [-0.05, 0) is 43.2 Å². The highest BCUT2D eigenvalue weighted by atomic mass is 16.2. The van der Waals surface area contributed by atoms with Crippen LogP contribution in [0.4, 0.5) is 11.5 Å². The Morgan fingerprint density at radius 2 is 1.76 bits per heavy atom. The number of para-hydroxylation sites is 1. The molecule has 33 heavy (non-hydrogen) atoms. The summed E-state index contributed by atoms with van der Waals surface area (Å²) in [5.41, 5.74) is 1.75. The van der Waals surface area contributed by atoms with Crippen LogP contribution in [0.3, 0.4) is 0 Å². The number of nitrogens with zero attached hydrogens (tertiary/aromatic N) is 6. The van der Waals surface area contributed by atoms with Crippen LogP contribution in [0.2, 0.25) is 0 Å². The zero-order valence-corrected chi connectivity index (χ0v) is 17.8. The molecule has 5 rings (SSSR count). The number of nitrogens with one attached hydrogen (secondary N) is 2. The second-order valence-corrected chi connectivity index (χ2v) is 7.80. The van der Waals surface area contributed by atoms with E-state index >= 15 is 0 Å². The van der Waals surface area contributed by atoms with Crippen LogP contribution in [0, 0.1) is 5.92 Å². The van der Waals surface area contributed by atoms with E-state index in [1.54, 1.807) is 16.9 Å². The summed E-state index contributed by atoms with van der Waals surface area (Å²) >= 11 is 0. The minimum Gasteiger partial charge on any atom is -0.355 e. The molecule has 1 saturated heterocycles. The van der Waals surface area contributed by atoms with Gasteiger partial charge >= 0.3 is 0 Å². The first-order valence-corrected chi connectivity index (χ1v) is 10.7. The maximum absolute atomic E-state index is 13.0. The summed E-state index contributed by atoms with van der Waals surface area (Å²) < 4.78 is 1.66. The van der Waals surface area contributed by atoms with Gasteiger partial charge in [0, 0.05) is 43.0 Å². The van der Waals surface area contributed by atoms with Crippen molar-refractivity contribution in [3.05, 3.63) is 77.3 Å². The van der Waals surface area contributed by atoms with Crippen LogP contribution >= 0.6 is 0 Å². The van der Waals surface area contributed by atoms with Crippen LogP contribution in [-0.2, 0) is 4.79 Å². The van der Waals surface area contributed by atoms with Gasteiger partial charge in [0.15, 0.2) is 11.6 Å². The number of H-pyrrole nitrogens is 1. The largest absolute Gasteiger partial charge is 0.355 e. The molecular weight excluding hydrogens is 420 g/mol. The molecule has 166 valence electrons. The van der Waals surface area contributed by atoms with E-state index in [4.69, 9.17) is 0 Å². The molecule has 4 heterocycles. The lowest BCUT2D eigenvalue weighted by Gasteiger charge is -2.32. The number of benzene rings is 1. The van der Waals surface area contributed by atoms with Gasteiger partial charge < -0.3 is 10.2 Å². The predicted octanol–water partition coefficient (Wildman–Crippen LogP) is 2.27. The summed E-state index contributed by atoms with van der Waals surface area (Å²) in [6.45, 7) is 1.44. The Kier molecular flexibility index (Phi) is 5.62. The summed E-state index contributed by atoms with van der Waals surface area (Å²) in [6.07, 6.45) is 4.95. The molecule has 1 amide bonds. The van der Waals surface area contributed by atoms with Crippen LogP contribution in [0.25, 0.3) is 17.1 Å². The van der Waals surface area contributed by atoms with Crippen molar-refractivity contribution in [3.8, 4) is 17.1 Å². The summed E-state index contributed by atoms with van der Waals surface area (Å²) in [4.78, 5) is 26.4. The lowest BCUT2D eigenvalue weighted by atomic mass is 9.95. The molecule has 1 aromatic carbocycles. The molecule has 3 aromatic heterocycles. The van der Waals surface area contributed by atoms with Gasteiger partial charge in [0.25, 0.3) is 5.56 Å². The smallest absolute Gasteiger partial charge is 0.264 e. The average Bonchev–Trinajstić information content (AvgIpc) is 3.40. The summed E-state index contributed by atoms with van der Waals surface area (Å²) in [7, 11) is 0. The quantitative estimate of drug-likeness (QED) is 0.486. The molecule has 0 bridgehead atoms.